The van der Waals surface area contributed by atoms with Crippen molar-refractivity contribution >= 4 is 29.0 Å². The van der Waals surface area contributed by atoms with E-state index in [1.54, 1.807) is 28.3 Å². The average molecular weight is 386 g/mol. The summed E-state index contributed by atoms with van der Waals surface area (Å²) in [5.41, 5.74) is 4.56. The number of thiazole rings is 1. The molecular weight excluding hydrogens is 368 g/mol. The zero-order valence-corrected chi connectivity index (χ0v) is 16.1. The third-order valence-corrected chi connectivity index (χ3v) is 4.89. The van der Waals surface area contributed by atoms with Crippen LogP contribution in [0.25, 0.3) is 23.0 Å². The first-order valence-electron chi connectivity index (χ1n) is 8.79. The number of anilines is 1. The van der Waals surface area contributed by atoms with Gasteiger partial charge < -0.3 is 5.32 Å². The molecule has 1 N–H and O–H groups in total. The summed E-state index contributed by atoms with van der Waals surface area (Å²) < 4.78 is 1.77. The number of nitrogens with one attached hydrogen (secondary N) is 1. The molecule has 4 rings (SSSR count). The fraction of sp³-hybridized carbons (Fsp3) is 0.0455. The van der Waals surface area contributed by atoms with E-state index < -0.39 is 0 Å². The lowest BCUT2D eigenvalue weighted by Crippen LogP contribution is -2.07. The molecule has 4 aromatic rings. The van der Waals surface area contributed by atoms with Crippen LogP contribution in [-0.2, 0) is 4.79 Å². The molecule has 0 unspecified atom stereocenters. The topological polar surface area (TPSA) is 59.8 Å². The molecule has 0 atom stereocenters. The highest BCUT2D eigenvalue weighted by molar-refractivity contribution is 7.09. The van der Waals surface area contributed by atoms with Gasteiger partial charge in [-0.2, -0.15) is 5.10 Å². The monoisotopic (exact) mass is 386 g/mol. The molecular formula is C22H18N4OS. The van der Waals surface area contributed by atoms with E-state index in [9.17, 15) is 4.79 Å². The van der Waals surface area contributed by atoms with E-state index in [1.165, 1.54) is 6.08 Å². The van der Waals surface area contributed by atoms with Crippen molar-refractivity contribution < 1.29 is 4.79 Å². The maximum atomic E-state index is 12.2. The third kappa shape index (κ3) is 4.24. The lowest BCUT2D eigenvalue weighted by atomic mass is 10.1. The molecule has 0 saturated heterocycles. The highest BCUT2D eigenvalue weighted by Crippen LogP contribution is 2.23. The van der Waals surface area contributed by atoms with Crippen molar-refractivity contribution in [1.82, 2.24) is 14.8 Å². The average Bonchev–Trinajstić information content (AvgIpc) is 3.37. The van der Waals surface area contributed by atoms with Gasteiger partial charge in [-0.15, -0.1) is 11.3 Å². The molecule has 0 bridgehead atoms. The Morgan fingerprint density at radius 2 is 1.89 bits per heavy atom. The summed E-state index contributed by atoms with van der Waals surface area (Å²) in [5, 5.41) is 10.2. The van der Waals surface area contributed by atoms with Crippen LogP contribution in [-0.4, -0.2) is 20.7 Å². The lowest BCUT2D eigenvalue weighted by Gasteiger charge is -2.03. The van der Waals surface area contributed by atoms with Crippen molar-refractivity contribution in [1.29, 1.82) is 0 Å². The highest BCUT2D eigenvalue weighted by Gasteiger charge is 2.04. The predicted molar refractivity (Wildman–Crippen MR) is 114 cm³/mol. The Morgan fingerprint density at radius 1 is 1.11 bits per heavy atom. The van der Waals surface area contributed by atoms with Crippen LogP contribution >= 0.6 is 11.3 Å². The summed E-state index contributed by atoms with van der Waals surface area (Å²) in [6, 6.07) is 17.5. The van der Waals surface area contributed by atoms with Gasteiger partial charge in [0.2, 0.25) is 5.91 Å². The second kappa shape index (κ2) is 8.02. The molecule has 0 radical (unpaired) electrons. The molecule has 28 heavy (non-hydrogen) atoms. The number of carbonyl (C=O) groups excluding carboxylic acids is 1. The summed E-state index contributed by atoms with van der Waals surface area (Å²) in [7, 11) is 0. The fourth-order valence-electron chi connectivity index (χ4n) is 2.72. The molecule has 5 nitrogen and oxygen atoms in total. The van der Waals surface area contributed by atoms with Gasteiger partial charge in [-0.25, -0.2) is 9.67 Å². The van der Waals surface area contributed by atoms with Gasteiger partial charge in [-0.05, 0) is 37.3 Å². The molecule has 0 saturated carbocycles. The van der Waals surface area contributed by atoms with Crippen LogP contribution < -0.4 is 5.32 Å². The van der Waals surface area contributed by atoms with E-state index in [-0.39, 0.29) is 5.91 Å². The minimum absolute atomic E-state index is 0.190. The number of benzene rings is 2. The van der Waals surface area contributed by atoms with Crippen LogP contribution in [0.15, 0.2) is 78.4 Å². The second-order valence-electron chi connectivity index (χ2n) is 6.21. The van der Waals surface area contributed by atoms with Gasteiger partial charge in [-0.1, -0.05) is 30.3 Å². The molecule has 2 aromatic heterocycles. The first kappa shape index (κ1) is 17.9. The van der Waals surface area contributed by atoms with Crippen LogP contribution in [0.4, 0.5) is 5.69 Å². The standard InChI is InChI=1S/C22H18N4OS/c1-16-24-21(15-28-16)18-8-10-19(11-9-18)25-22(27)12-7-17-13-23-26(14-17)20-5-3-2-4-6-20/h2-15H,1H3,(H,25,27)/b12-7+. The molecule has 6 heteroatoms. The summed E-state index contributed by atoms with van der Waals surface area (Å²) in [6.07, 6.45) is 6.85. The Labute approximate surface area is 167 Å². The van der Waals surface area contributed by atoms with Gasteiger partial charge >= 0.3 is 0 Å². The van der Waals surface area contributed by atoms with E-state index in [4.69, 9.17) is 0 Å². The zero-order valence-electron chi connectivity index (χ0n) is 15.2. The molecule has 2 aromatic carbocycles. The first-order valence-corrected chi connectivity index (χ1v) is 9.67. The van der Waals surface area contributed by atoms with Gasteiger partial charge in [0.25, 0.3) is 0 Å². The Balaban J connectivity index is 1.38. The SMILES string of the molecule is Cc1nc(-c2ccc(NC(=O)/C=C/c3cnn(-c4ccccc4)c3)cc2)cs1. The van der Waals surface area contributed by atoms with Crippen molar-refractivity contribution in [2.24, 2.45) is 0 Å². The molecule has 2 heterocycles. The van der Waals surface area contributed by atoms with E-state index >= 15 is 0 Å². The van der Waals surface area contributed by atoms with Gasteiger partial charge in [0, 0.05) is 34.5 Å². The molecule has 0 aliphatic carbocycles. The summed E-state index contributed by atoms with van der Waals surface area (Å²) in [4.78, 5) is 16.7. The summed E-state index contributed by atoms with van der Waals surface area (Å²) in [6.45, 7) is 1.98. The maximum Gasteiger partial charge on any atom is 0.248 e. The maximum absolute atomic E-state index is 12.2. The molecule has 0 spiro atoms. The van der Waals surface area contributed by atoms with E-state index in [1.807, 2.05) is 73.1 Å². The van der Waals surface area contributed by atoms with Crippen molar-refractivity contribution in [3.05, 3.63) is 89.0 Å². The number of amides is 1. The zero-order chi connectivity index (χ0) is 19.3. The molecule has 0 aliphatic rings. The number of rotatable bonds is 5. The number of hydrogen-bond acceptors (Lipinski definition) is 4. The quantitative estimate of drug-likeness (QED) is 0.493. The normalized spacial score (nSPS) is 11.0. The lowest BCUT2D eigenvalue weighted by molar-refractivity contribution is -0.111. The number of para-hydroxylation sites is 1. The van der Waals surface area contributed by atoms with E-state index in [0.717, 1.165) is 33.2 Å². The third-order valence-electron chi connectivity index (χ3n) is 4.12. The summed E-state index contributed by atoms with van der Waals surface area (Å²) >= 11 is 1.62. The van der Waals surface area contributed by atoms with E-state index in [0.29, 0.717) is 0 Å². The van der Waals surface area contributed by atoms with Crippen LogP contribution in [0.3, 0.4) is 0 Å². The predicted octanol–water partition coefficient (Wildman–Crippen LogP) is 4.96. The molecule has 0 fully saturated rings. The number of carbonyl (C=O) groups is 1. The van der Waals surface area contributed by atoms with Crippen molar-refractivity contribution in [3.8, 4) is 16.9 Å². The van der Waals surface area contributed by atoms with Crippen LogP contribution in [0.1, 0.15) is 10.6 Å². The Kier molecular flexibility index (Phi) is 5.12. The van der Waals surface area contributed by atoms with E-state index in [2.05, 4.69) is 15.4 Å². The van der Waals surface area contributed by atoms with Crippen LogP contribution in [0.5, 0.6) is 0 Å². The molecule has 0 aliphatic heterocycles. The highest BCUT2D eigenvalue weighted by atomic mass is 32.1. The van der Waals surface area contributed by atoms with Crippen LogP contribution in [0.2, 0.25) is 0 Å². The second-order valence-corrected chi connectivity index (χ2v) is 7.27. The largest absolute Gasteiger partial charge is 0.323 e. The summed E-state index contributed by atoms with van der Waals surface area (Å²) in [5.74, 6) is -0.190. The smallest absolute Gasteiger partial charge is 0.248 e. The van der Waals surface area contributed by atoms with Crippen LogP contribution in [0, 0.1) is 6.92 Å². The Morgan fingerprint density at radius 3 is 2.61 bits per heavy atom. The number of nitrogens with zero attached hydrogens (tertiary/aromatic N) is 3. The minimum atomic E-state index is -0.190. The van der Waals surface area contributed by atoms with Gasteiger partial charge in [-0.3, -0.25) is 4.79 Å². The van der Waals surface area contributed by atoms with Crippen molar-refractivity contribution in [3.63, 3.8) is 0 Å². The first-order chi connectivity index (χ1) is 13.7. The molecule has 138 valence electrons. The minimum Gasteiger partial charge on any atom is -0.323 e. The fourth-order valence-corrected chi connectivity index (χ4v) is 3.34. The number of aryl methyl sites for hydroxylation is 1. The van der Waals surface area contributed by atoms with Gasteiger partial charge in [0.15, 0.2) is 0 Å². The Hall–Kier alpha value is -3.51. The van der Waals surface area contributed by atoms with Crippen molar-refractivity contribution in [2.75, 3.05) is 5.32 Å². The molecule has 1 amide bonds. The van der Waals surface area contributed by atoms with Gasteiger partial charge in [0.1, 0.15) is 0 Å². The number of aromatic nitrogens is 3. The van der Waals surface area contributed by atoms with Crippen molar-refractivity contribution in [2.45, 2.75) is 6.92 Å². The Bertz CT molecular complexity index is 1110. The number of hydrogen-bond donors (Lipinski definition) is 1. The van der Waals surface area contributed by atoms with Gasteiger partial charge in [0.05, 0.1) is 22.6 Å².